The number of benzene rings is 2. The van der Waals surface area contributed by atoms with Gasteiger partial charge in [-0.1, -0.05) is 49.3 Å². The second kappa shape index (κ2) is 10.3. The Balaban J connectivity index is 1.54. The first-order valence-corrected chi connectivity index (χ1v) is 11.0. The first-order valence-electron chi connectivity index (χ1n) is 9.80. The van der Waals surface area contributed by atoms with Gasteiger partial charge in [0.1, 0.15) is 0 Å². The molecule has 0 unspecified atom stereocenters. The monoisotopic (exact) mass is 417 g/mol. The van der Waals surface area contributed by atoms with E-state index in [9.17, 15) is 4.79 Å². The van der Waals surface area contributed by atoms with Crippen molar-refractivity contribution in [3.8, 4) is 0 Å². The number of hydrogen-bond donors (Lipinski definition) is 2. The molecule has 0 atom stereocenters. The van der Waals surface area contributed by atoms with Gasteiger partial charge in [-0.25, -0.2) is 0 Å². The number of likely N-dealkylation sites (tertiary alicyclic amines) is 1. The lowest BCUT2D eigenvalue weighted by Gasteiger charge is -2.33. The van der Waals surface area contributed by atoms with Crippen LogP contribution < -0.4 is 10.6 Å². The number of piperidine rings is 1. The number of amides is 1. The number of nitrogens with zero attached hydrogens (tertiary/aromatic N) is 1. The Morgan fingerprint density at radius 1 is 1.14 bits per heavy atom. The maximum Gasteiger partial charge on any atom is 0.238 e. The summed E-state index contributed by atoms with van der Waals surface area (Å²) in [5.41, 5.74) is 0.851. The van der Waals surface area contributed by atoms with E-state index < -0.39 is 0 Å². The summed E-state index contributed by atoms with van der Waals surface area (Å²) in [6.45, 7) is 6.71. The number of halogens is 1. The highest BCUT2D eigenvalue weighted by atomic mass is 35.5. The van der Waals surface area contributed by atoms with Gasteiger partial charge >= 0.3 is 0 Å². The summed E-state index contributed by atoms with van der Waals surface area (Å²) in [5.74, 6) is 0.0411. The Morgan fingerprint density at radius 2 is 1.82 bits per heavy atom. The van der Waals surface area contributed by atoms with Crippen LogP contribution in [0.3, 0.4) is 0 Å². The van der Waals surface area contributed by atoms with E-state index in [1.807, 2.05) is 48.5 Å². The molecule has 4 nitrogen and oxygen atoms in total. The van der Waals surface area contributed by atoms with Gasteiger partial charge in [-0.05, 0) is 49.2 Å². The molecule has 6 heteroatoms. The molecule has 150 valence electrons. The zero-order valence-corrected chi connectivity index (χ0v) is 18.0. The number of anilines is 1. The van der Waals surface area contributed by atoms with E-state index in [1.165, 1.54) is 0 Å². The maximum atomic E-state index is 12.6. The standard InChI is InChI=1S/C22H28ClN3OS/c1-16(2)24-18-11-13-26(14-12-18)15-22(27)25-20-5-3-4-6-21(20)28-19-9-7-17(23)8-10-19/h3-10,16,18,24H,11-15H2,1-2H3,(H,25,27). The van der Waals surface area contributed by atoms with E-state index in [0.29, 0.717) is 18.6 Å². The summed E-state index contributed by atoms with van der Waals surface area (Å²) >= 11 is 7.59. The van der Waals surface area contributed by atoms with Crippen molar-refractivity contribution in [2.45, 2.75) is 48.6 Å². The summed E-state index contributed by atoms with van der Waals surface area (Å²) in [6.07, 6.45) is 2.18. The number of carbonyl (C=O) groups excluding carboxylic acids is 1. The Kier molecular flexibility index (Phi) is 7.80. The molecule has 0 bridgehead atoms. The molecule has 2 aromatic carbocycles. The van der Waals surface area contributed by atoms with Crippen molar-refractivity contribution in [3.05, 3.63) is 53.6 Å². The van der Waals surface area contributed by atoms with Crippen LogP contribution in [-0.4, -0.2) is 42.5 Å². The highest BCUT2D eigenvalue weighted by Gasteiger charge is 2.21. The third-order valence-electron chi connectivity index (χ3n) is 4.73. The molecule has 0 radical (unpaired) electrons. The Labute approximate surface area is 177 Å². The molecular formula is C22H28ClN3OS. The van der Waals surface area contributed by atoms with Crippen LogP contribution in [0.15, 0.2) is 58.3 Å². The summed E-state index contributed by atoms with van der Waals surface area (Å²) in [5, 5.41) is 7.40. The highest BCUT2D eigenvalue weighted by molar-refractivity contribution is 7.99. The molecule has 28 heavy (non-hydrogen) atoms. The summed E-state index contributed by atoms with van der Waals surface area (Å²) < 4.78 is 0. The Bertz CT molecular complexity index is 774. The van der Waals surface area contributed by atoms with E-state index in [2.05, 4.69) is 29.4 Å². The molecule has 0 saturated carbocycles. The van der Waals surface area contributed by atoms with Gasteiger partial charge in [0.15, 0.2) is 0 Å². The fourth-order valence-electron chi connectivity index (χ4n) is 3.41. The third-order valence-corrected chi connectivity index (χ3v) is 6.06. The van der Waals surface area contributed by atoms with Crippen LogP contribution in [0, 0.1) is 0 Å². The van der Waals surface area contributed by atoms with Crippen molar-refractivity contribution in [3.63, 3.8) is 0 Å². The SMILES string of the molecule is CC(C)NC1CCN(CC(=O)Nc2ccccc2Sc2ccc(Cl)cc2)CC1. The van der Waals surface area contributed by atoms with Crippen molar-refractivity contribution in [1.29, 1.82) is 0 Å². The van der Waals surface area contributed by atoms with Crippen molar-refractivity contribution in [2.75, 3.05) is 25.0 Å². The molecule has 0 aliphatic carbocycles. The number of nitrogens with one attached hydrogen (secondary N) is 2. The van der Waals surface area contributed by atoms with Gasteiger partial charge < -0.3 is 10.6 Å². The molecule has 1 amide bonds. The third kappa shape index (κ3) is 6.52. The van der Waals surface area contributed by atoms with Crippen LogP contribution in [0.4, 0.5) is 5.69 Å². The Morgan fingerprint density at radius 3 is 2.50 bits per heavy atom. The molecule has 3 rings (SSSR count). The molecule has 0 spiro atoms. The van der Waals surface area contributed by atoms with Gasteiger partial charge in [0, 0.05) is 40.0 Å². The fourth-order valence-corrected chi connectivity index (χ4v) is 4.44. The smallest absolute Gasteiger partial charge is 0.238 e. The molecule has 2 N–H and O–H groups in total. The number of para-hydroxylation sites is 1. The second-order valence-corrected chi connectivity index (χ2v) is 9.02. The van der Waals surface area contributed by atoms with Crippen LogP contribution in [0.1, 0.15) is 26.7 Å². The van der Waals surface area contributed by atoms with Crippen LogP contribution in [0.25, 0.3) is 0 Å². The van der Waals surface area contributed by atoms with Gasteiger partial charge in [0.2, 0.25) is 5.91 Å². The van der Waals surface area contributed by atoms with Gasteiger partial charge in [-0.2, -0.15) is 0 Å². The molecule has 1 heterocycles. The van der Waals surface area contributed by atoms with Gasteiger partial charge in [0.25, 0.3) is 0 Å². The van der Waals surface area contributed by atoms with E-state index in [0.717, 1.165) is 46.4 Å². The zero-order valence-electron chi connectivity index (χ0n) is 16.5. The molecule has 1 fully saturated rings. The minimum atomic E-state index is 0.0411. The van der Waals surface area contributed by atoms with Crippen LogP contribution in [0.2, 0.25) is 5.02 Å². The predicted molar refractivity (Wildman–Crippen MR) is 118 cm³/mol. The molecule has 1 aliphatic heterocycles. The lowest BCUT2D eigenvalue weighted by atomic mass is 10.0. The summed E-state index contributed by atoms with van der Waals surface area (Å²) in [4.78, 5) is 16.9. The first-order chi connectivity index (χ1) is 13.5. The van der Waals surface area contributed by atoms with Crippen LogP contribution in [0.5, 0.6) is 0 Å². The van der Waals surface area contributed by atoms with Crippen molar-refractivity contribution < 1.29 is 4.79 Å². The fraction of sp³-hybridized carbons (Fsp3) is 0.409. The number of rotatable bonds is 7. The van der Waals surface area contributed by atoms with E-state index in [4.69, 9.17) is 11.6 Å². The van der Waals surface area contributed by atoms with Gasteiger partial charge in [0.05, 0.1) is 12.2 Å². The van der Waals surface area contributed by atoms with E-state index in [-0.39, 0.29) is 5.91 Å². The normalized spacial score (nSPS) is 15.7. The topological polar surface area (TPSA) is 44.4 Å². The molecule has 1 saturated heterocycles. The molecular weight excluding hydrogens is 390 g/mol. The second-order valence-electron chi connectivity index (χ2n) is 7.47. The highest BCUT2D eigenvalue weighted by Crippen LogP contribution is 2.33. The Hall–Kier alpha value is -1.53. The number of hydrogen-bond acceptors (Lipinski definition) is 4. The lowest BCUT2D eigenvalue weighted by molar-refractivity contribution is -0.117. The van der Waals surface area contributed by atoms with Gasteiger partial charge in [-0.3, -0.25) is 9.69 Å². The molecule has 2 aromatic rings. The van der Waals surface area contributed by atoms with Crippen LogP contribution in [-0.2, 0) is 4.79 Å². The molecule has 0 aromatic heterocycles. The van der Waals surface area contributed by atoms with Crippen molar-refractivity contribution in [1.82, 2.24) is 10.2 Å². The quantitative estimate of drug-likeness (QED) is 0.673. The first kappa shape index (κ1) is 21.2. The van der Waals surface area contributed by atoms with Crippen molar-refractivity contribution in [2.24, 2.45) is 0 Å². The largest absolute Gasteiger partial charge is 0.324 e. The minimum absolute atomic E-state index is 0.0411. The zero-order chi connectivity index (χ0) is 19.9. The van der Waals surface area contributed by atoms with Crippen molar-refractivity contribution >= 4 is 35.0 Å². The van der Waals surface area contributed by atoms with E-state index >= 15 is 0 Å². The average molecular weight is 418 g/mol. The summed E-state index contributed by atoms with van der Waals surface area (Å²) in [6, 6.07) is 16.7. The minimum Gasteiger partial charge on any atom is -0.324 e. The van der Waals surface area contributed by atoms with Crippen LogP contribution >= 0.6 is 23.4 Å². The summed E-state index contributed by atoms with van der Waals surface area (Å²) in [7, 11) is 0. The number of carbonyl (C=O) groups is 1. The molecule has 1 aliphatic rings. The maximum absolute atomic E-state index is 12.6. The lowest BCUT2D eigenvalue weighted by Crippen LogP contribution is -2.46. The van der Waals surface area contributed by atoms with Gasteiger partial charge in [-0.15, -0.1) is 0 Å². The predicted octanol–water partition coefficient (Wildman–Crippen LogP) is 4.89. The van der Waals surface area contributed by atoms with E-state index in [1.54, 1.807) is 11.8 Å². The average Bonchev–Trinajstić information content (AvgIpc) is 2.66.